The van der Waals surface area contributed by atoms with E-state index in [9.17, 15) is 13.2 Å². The van der Waals surface area contributed by atoms with Crippen LogP contribution >= 0.6 is 34.7 Å². The number of nitrogens with zero attached hydrogens (tertiary/aromatic N) is 2. The highest BCUT2D eigenvalue weighted by molar-refractivity contribution is 8.01. The second kappa shape index (κ2) is 7.01. The number of hydrogen-bond acceptors (Lipinski definition) is 6. The zero-order valence-corrected chi connectivity index (χ0v) is 15.8. The van der Waals surface area contributed by atoms with Crippen LogP contribution in [0.25, 0.3) is 0 Å². The maximum Gasteiger partial charge on any atom is 0.255 e. The van der Waals surface area contributed by atoms with Gasteiger partial charge in [0.15, 0.2) is 9.34 Å². The number of thiazole rings is 1. The number of amides is 1. The summed E-state index contributed by atoms with van der Waals surface area (Å²) in [5.74, 6) is 0.412. The van der Waals surface area contributed by atoms with Crippen LogP contribution in [0.3, 0.4) is 0 Å². The van der Waals surface area contributed by atoms with Crippen LogP contribution in [0.4, 0.5) is 5.13 Å². The molecule has 1 atom stereocenters. The predicted molar refractivity (Wildman–Crippen MR) is 97.0 cm³/mol. The Kier molecular flexibility index (Phi) is 5.16. The molecule has 10 heteroatoms. The van der Waals surface area contributed by atoms with Crippen molar-refractivity contribution in [1.82, 2.24) is 9.29 Å². The molecule has 0 spiro atoms. The van der Waals surface area contributed by atoms with Crippen LogP contribution in [0.15, 0.2) is 34.7 Å². The van der Waals surface area contributed by atoms with Gasteiger partial charge in [0.2, 0.25) is 5.91 Å². The molecular formula is C14H14ClN3O3S3. The zero-order chi connectivity index (χ0) is 17.3. The summed E-state index contributed by atoms with van der Waals surface area (Å²) < 4.78 is 27.4. The van der Waals surface area contributed by atoms with Gasteiger partial charge in [0.25, 0.3) is 10.0 Å². The Morgan fingerprint density at radius 1 is 1.46 bits per heavy atom. The van der Waals surface area contributed by atoms with Gasteiger partial charge in [-0.05, 0) is 17.7 Å². The summed E-state index contributed by atoms with van der Waals surface area (Å²) in [4.78, 5) is 15.0. The van der Waals surface area contributed by atoms with Crippen molar-refractivity contribution in [3.8, 4) is 0 Å². The Morgan fingerprint density at radius 2 is 2.25 bits per heavy atom. The summed E-state index contributed by atoms with van der Waals surface area (Å²) >= 11 is 8.53. The number of benzene rings is 1. The Labute approximate surface area is 153 Å². The molecule has 1 fully saturated rings. The largest absolute Gasteiger partial charge is 0.302 e. The highest BCUT2D eigenvalue weighted by Gasteiger charge is 2.38. The van der Waals surface area contributed by atoms with Gasteiger partial charge in [0.1, 0.15) is 0 Å². The molecule has 0 radical (unpaired) electrons. The van der Waals surface area contributed by atoms with Crippen molar-refractivity contribution in [2.75, 3.05) is 17.6 Å². The molecule has 0 saturated carbocycles. The maximum atomic E-state index is 12.9. The van der Waals surface area contributed by atoms with Gasteiger partial charge in [-0.1, -0.05) is 35.1 Å². The molecule has 0 bridgehead atoms. The van der Waals surface area contributed by atoms with E-state index in [1.54, 1.807) is 23.9 Å². The van der Waals surface area contributed by atoms with Crippen molar-refractivity contribution in [3.63, 3.8) is 0 Å². The molecule has 24 heavy (non-hydrogen) atoms. The van der Waals surface area contributed by atoms with Crippen molar-refractivity contribution in [3.05, 3.63) is 41.0 Å². The minimum atomic E-state index is -3.69. The van der Waals surface area contributed by atoms with E-state index in [-0.39, 0.29) is 20.6 Å². The number of anilines is 1. The fourth-order valence-electron chi connectivity index (χ4n) is 2.33. The van der Waals surface area contributed by atoms with Gasteiger partial charge in [-0.25, -0.2) is 13.4 Å². The first-order valence-corrected chi connectivity index (χ1v) is 10.7. The Morgan fingerprint density at radius 3 is 2.96 bits per heavy atom. The number of thioether (sulfide) groups is 1. The van der Waals surface area contributed by atoms with E-state index in [1.807, 2.05) is 12.1 Å². The molecule has 1 saturated heterocycles. The lowest BCUT2D eigenvalue weighted by Crippen LogP contribution is -2.30. The molecule has 3 rings (SSSR count). The predicted octanol–water partition coefficient (Wildman–Crippen LogP) is 3.19. The van der Waals surface area contributed by atoms with Crippen molar-refractivity contribution < 1.29 is 13.2 Å². The number of hydrogen-bond donors (Lipinski definition) is 1. The lowest BCUT2D eigenvalue weighted by molar-refractivity contribution is -0.114. The minimum absolute atomic E-state index is 0.112. The van der Waals surface area contributed by atoms with Crippen molar-refractivity contribution in [2.24, 2.45) is 0 Å². The molecule has 2 heterocycles. The number of halogens is 1. The lowest BCUT2D eigenvalue weighted by atomic mass is 10.2. The van der Waals surface area contributed by atoms with Crippen molar-refractivity contribution in [1.29, 1.82) is 0 Å². The van der Waals surface area contributed by atoms with Crippen LogP contribution in [0.2, 0.25) is 5.02 Å². The smallest absolute Gasteiger partial charge is 0.255 e. The first-order chi connectivity index (χ1) is 11.4. The molecule has 1 aromatic heterocycles. The zero-order valence-electron chi connectivity index (χ0n) is 12.6. The topological polar surface area (TPSA) is 79.4 Å². The van der Waals surface area contributed by atoms with Gasteiger partial charge in [0, 0.05) is 24.2 Å². The van der Waals surface area contributed by atoms with E-state index >= 15 is 0 Å². The summed E-state index contributed by atoms with van der Waals surface area (Å²) in [5.41, 5.74) is 0.847. The lowest BCUT2D eigenvalue weighted by Gasteiger charge is -2.22. The summed E-state index contributed by atoms with van der Waals surface area (Å²) in [6.45, 7) is 1.76. The quantitative estimate of drug-likeness (QED) is 0.847. The van der Waals surface area contributed by atoms with Crippen molar-refractivity contribution >= 4 is 55.8 Å². The van der Waals surface area contributed by atoms with E-state index in [1.165, 1.54) is 17.4 Å². The third-order valence-electron chi connectivity index (χ3n) is 3.31. The van der Waals surface area contributed by atoms with Crippen molar-refractivity contribution in [2.45, 2.75) is 16.5 Å². The molecule has 128 valence electrons. The molecule has 1 unspecified atom stereocenters. The van der Waals surface area contributed by atoms with Gasteiger partial charge in [0.05, 0.1) is 11.6 Å². The maximum absolute atomic E-state index is 12.9. The SMILES string of the molecule is CC(=O)Nc1ncc(S(=O)(=O)N2CCSC2c2cccc(Cl)c2)s1. The molecule has 2 aromatic rings. The number of aromatic nitrogens is 1. The van der Waals surface area contributed by atoms with Gasteiger partial charge in [-0.2, -0.15) is 4.31 Å². The van der Waals surface area contributed by atoms with E-state index in [0.29, 0.717) is 17.3 Å². The second-order valence-corrected chi connectivity index (χ2v) is 9.83. The molecule has 1 aliphatic heterocycles. The van der Waals surface area contributed by atoms with Crippen LogP contribution < -0.4 is 5.32 Å². The van der Waals surface area contributed by atoms with Crippen LogP contribution in [-0.4, -0.2) is 35.9 Å². The number of carbonyl (C=O) groups excluding carboxylic acids is 1. The first kappa shape index (κ1) is 17.7. The summed E-state index contributed by atoms with van der Waals surface area (Å²) in [7, 11) is -3.69. The van der Waals surface area contributed by atoms with Gasteiger partial charge in [-0.15, -0.1) is 11.8 Å². The van der Waals surface area contributed by atoms with E-state index in [4.69, 9.17) is 11.6 Å². The van der Waals surface area contributed by atoms with Gasteiger partial charge in [-0.3, -0.25) is 4.79 Å². The van der Waals surface area contributed by atoms with E-state index < -0.39 is 10.0 Å². The fraction of sp³-hybridized carbons (Fsp3) is 0.286. The van der Waals surface area contributed by atoms with Gasteiger partial charge >= 0.3 is 0 Å². The number of carbonyl (C=O) groups is 1. The fourth-order valence-corrected chi connectivity index (χ4v) is 6.96. The highest BCUT2D eigenvalue weighted by Crippen LogP contribution is 2.42. The molecule has 1 aliphatic rings. The summed E-state index contributed by atoms with van der Waals surface area (Å²) in [6.07, 6.45) is 1.28. The molecule has 1 aromatic carbocycles. The Hall–Kier alpha value is -1.13. The third-order valence-corrected chi connectivity index (χ3v) is 8.16. The monoisotopic (exact) mass is 403 g/mol. The summed E-state index contributed by atoms with van der Waals surface area (Å²) in [6, 6.07) is 7.21. The highest BCUT2D eigenvalue weighted by atomic mass is 35.5. The minimum Gasteiger partial charge on any atom is -0.302 e. The van der Waals surface area contributed by atoms with E-state index in [2.05, 4.69) is 10.3 Å². The molecule has 1 N–H and O–H groups in total. The van der Waals surface area contributed by atoms with Crippen LogP contribution in [0.5, 0.6) is 0 Å². The average molecular weight is 404 g/mol. The molecule has 0 aliphatic carbocycles. The van der Waals surface area contributed by atoms with Crippen LogP contribution in [0, 0.1) is 0 Å². The molecule has 1 amide bonds. The normalized spacial score (nSPS) is 18.7. The number of rotatable bonds is 4. The first-order valence-electron chi connectivity index (χ1n) is 7.00. The number of sulfonamides is 1. The van der Waals surface area contributed by atoms with E-state index in [0.717, 1.165) is 16.9 Å². The van der Waals surface area contributed by atoms with Gasteiger partial charge < -0.3 is 5.32 Å². The second-order valence-electron chi connectivity index (χ2n) is 5.06. The average Bonchev–Trinajstić information content (AvgIpc) is 3.15. The van der Waals surface area contributed by atoms with Crippen LogP contribution in [-0.2, 0) is 14.8 Å². The standard InChI is InChI=1S/C14H14ClN3O3S3/c1-9(19)17-14-16-8-12(23-14)24(20,21)18-5-6-22-13(18)10-3-2-4-11(15)7-10/h2-4,7-8,13H,5-6H2,1H3,(H,16,17,19). The summed E-state index contributed by atoms with van der Waals surface area (Å²) in [5, 5.41) is 3.02. The third kappa shape index (κ3) is 3.60. The number of nitrogens with one attached hydrogen (secondary N) is 1. The Balaban J connectivity index is 1.90. The molecule has 6 nitrogen and oxygen atoms in total. The van der Waals surface area contributed by atoms with Crippen LogP contribution in [0.1, 0.15) is 17.9 Å². The molecular weight excluding hydrogens is 390 g/mol. The Bertz CT molecular complexity index is 869.